The van der Waals surface area contributed by atoms with Crippen LogP contribution in [0.15, 0.2) is 39.8 Å². The van der Waals surface area contributed by atoms with Crippen molar-refractivity contribution in [2.75, 3.05) is 26.3 Å². The Morgan fingerprint density at radius 3 is 2.36 bits per heavy atom. The first-order valence-electron chi connectivity index (χ1n) is 12.0. The first-order valence-corrected chi connectivity index (χ1v) is 13.5. The zero-order valence-electron chi connectivity index (χ0n) is 20.7. The predicted octanol–water partition coefficient (Wildman–Crippen LogP) is 1.44. The zero-order chi connectivity index (χ0) is 26.3. The van der Waals surface area contributed by atoms with Gasteiger partial charge in [-0.1, -0.05) is 37.2 Å². The third-order valence-electron chi connectivity index (χ3n) is 6.26. The molecule has 196 valence electrons. The van der Waals surface area contributed by atoms with E-state index in [0.717, 1.165) is 0 Å². The van der Waals surface area contributed by atoms with Gasteiger partial charge in [0, 0.05) is 25.9 Å². The van der Waals surface area contributed by atoms with Gasteiger partial charge in [-0.25, -0.2) is 8.42 Å². The van der Waals surface area contributed by atoms with E-state index in [1.807, 2.05) is 6.92 Å². The lowest BCUT2D eigenvalue weighted by atomic mass is 9.98. The van der Waals surface area contributed by atoms with Crippen LogP contribution in [-0.4, -0.2) is 78.7 Å². The van der Waals surface area contributed by atoms with E-state index >= 15 is 0 Å². The number of amides is 2. The summed E-state index contributed by atoms with van der Waals surface area (Å²) in [4.78, 5) is 45.0. The number of Topliss-reactive ketones (excluding diaryl/α,β-unsaturated/α-hetero) is 1. The molecule has 1 aliphatic heterocycles. The van der Waals surface area contributed by atoms with Crippen molar-refractivity contribution in [3.63, 3.8) is 0 Å². The smallest absolute Gasteiger partial charge is 0.296 e. The highest BCUT2D eigenvalue weighted by Gasteiger charge is 2.39. The van der Waals surface area contributed by atoms with Crippen LogP contribution < -0.4 is 5.32 Å². The maximum Gasteiger partial charge on any atom is 0.296 e. The van der Waals surface area contributed by atoms with Crippen LogP contribution >= 0.6 is 0 Å². The number of hydrogen-bond acceptors (Lipinski definition) is 9. The number of rotatable bonds is 11. The molecule has 0 bridgehead atoms. The fourth-order valence-corrected chi connectivity index (χ4v) is 5.54. The molecule has 1 fully saturated rings. The van der Waals surface area contributed by atoms with E-state index in [2.05, 4.69) is 15.5 Å². The molecule has 2 unspecified atom stereocenters. The molecule has 1 aromatic heterocycles. The van der Waals surface area contributed by atoms with Crippen LogP contribution in [0.5, 0.6) is 0 Å². The molecule has 11 nitrogen and oxygen atoms in total. The van der Waals surface area contributed by atoms with Crippen LogP contribution in [0.1, 0.15) is 50.1 Å². The average Bonchev–Trinajstić information content (AvgIpc) is 3.39. The Hall–Kier alpha value is -3.12. The number of aromatic nitrogens is 2. The summed E-state index contributed by atoms with van der Waals surface area (Å²) in [5.74, 6) is -2.74. The molecule has 2 amide bonds. The van der Waals surface area contributed by atoms with Crippen LogP contribution in [0.3, 0.4) is 0 Å². The summed E-state index contributed by atoms with van der Waals surface area (Å²) in [6, 6.07) is 6.75. The number of carbonyl (C=O) groups is 3. The molecule has 36 heavy (non-hydrogen) atoms. The number of nitrogens with one attached hydrogen (secondary N) is 1. The van der Waals surface area contributed by atoms with E-state index in [4.69, 9.17) is 9.26 Å². The summed E-state index contributed by atoms with van der Waals surface area (Å²) in [7, 11) is -3.96. The van der Waals surface area contributed by atoms with Gasteiger partial charge in [0.25, 0.3) is 5.89 Å². The number of ketones is 1. The van der Waals surface area contributed by atoms with E-state index in [1.165, 1.54) is 19.1 Å². The van der Waals surface area contributed by atoms with E-state index in [1.54, 1.807) is 30.0 Å². The van der Waals surface area contributed by atoms with Gasteiger partial charge in [0.15, 0.2) is 15.7 Å². The lowest BCUT2D eigenvalue weighted by Gasteiger charge is -2.30. The number of nitrogens with zero attached hydrogens (tertiary/aromatic N) is 3. The van der Waals surface area contributed by atoms with Gasteiger partial charge in [0.05, 0.1) is 35.3 Å². The normalized spacial score (nSPS) is 16.7. The van der Waals surface area contributed by atoms with Gasteiger partial charge in [-0.05, 0) is 25.5 Å². The fraction of sp³-hybridized carbons (Fsp3) is 0.542. The Morgan fingerprint density at radius 2 is 1.78 bits per heavy atom. The standard InChI is InChI=1S/C24H32N4O7S/c1-4-19(22(30)24-26-20(5-2)27-35-24)25-23(31)18(15-21(29)28-11-13-34-14-12-28)16(3)36(32,33)17-9-7-6-8-10-17/h6-10,16,18-19H,4-5,11-15H2,1-3H3,(H,25,31)/t16?,18?,19-/m0/s1. The molecule has 0 saturated carbocycles. The number of sulfone groups is 1. The fourth-order valence-electron chi connectivity index (χ4n) is 3.92. The molecule has 12 heteroatoms. The largest absolute Gasteiger partial charge is 0.378 e. The molecule has 0 radical (unpaired) electrons. The topological polar surface area (TPSA) is 149 Å². The Balaban J connectivity index is 1.85. The van der Waals surface area contributed by atoms with Crippen molar-refractivity contribution >= 4 is 27.4 Å². The highest BCUT2D eigenvalue weighted by atomic mass is 32.2. The zero-order valence-corrected chi connectivity index (χ0v) is 21.5. The number of hydrogen-bond donors (Lipinski definition) is 1. The van der Waals surface area contributed by atoms with Crippen LogP contribution in [0.4, 0.5) is 0 Å². The third-order valence-corrected chi connectivity index (χ3v) is 8.50. The second kappa shape index (κ2) is 12.2. The van der Waals surface area contributed by atoms with Crippen molar-refractivity contribution in [1.29, 1.82) is 0 Å². The first-order chi connectivity index (χ1) is 17.2. The average molecular weight is 521 g/mol. The second-order valence-electron chi connectivity index (χ2n) is 8.57. The predicted molar refractivity (Wildman–Crippen MR) is 129 cm³/mol. The lowest BCUT2D eigenvalue weighted by molar-refractivity contribution is -0.139. The number of aryl methyl sites for hydroxylation is 1. The summed E-state index contributed by atoms with van der Waals surface area (Å²) in [6.07, 6.45) is 0.350. The minimum absolute atomic E-state index is 0.0511. The van der Waals surface area contributed by atoms with Crippen LogP contribution in [0.2, 0.25) is 0 Å². The molecule has 1 saturated heterocycles. The van der Waals surface area contributed by atoms with Gasteiger partial charge in [-0.2, -0.15) is 4.98 Å². The summed E-state index contributed by atoms with van der Waals surface area (Å²) in [5.41, 5.74) is 0. The van der Waals surface area contributed by atoms with Gasteiger partial charge >= 0.3 is 0 Å². The summed E-state index contributed by atoms with van der Waals surface area (Å²) < 4.78 is 37.0. The van der Waals surface area contributed by atoms with Crippen LogP contribution in [-0.2, 0) is 30.6 Å². The molecule has 2 heterocycles. The van der Waals surface area contributed by atoms with Gasteiger partial charge in [-0.3, -0.25) is 14.4 Å². The Bertz CT molecular complexity index is 1160. The summed E-state index contributed by atoms with van der Waals surface area (Å²) >= 11 is 0. The maximum atomic E-state index is 13.5. The van der Waals surface area contributed by atoms with Crippen LogP contribution in [0.25, 0.3) is 0 Å². The lowest BCUT2D eigenvalue weighted by Crippen LogP contribution is -2.49. The van der Waals surface area contributed by atoms with Crippen molar-refractivity contribution < 1.29 is 32.1 Å². The minimum Gasteiger partial charge on any atom is -0.378 e. The van der Waals surface area contributed by atoms with Crippen molar-refractivity contribution in [1.82, 2.24) is 20.4 Å². The molecule has 2 aromatic rings. The monoisotopic (exact) mass is 520 g/mol. The SMILES string of the molecule is CCc1noc(C(=O)[C@H](CC)NC(=O)C(CC(=O)N2CCOCC2)C(C)S(=O)(=O)c2ccccc2)n1. The van der Waals surface area contributed by atoms with Gasteiger partial charge in [0.1, 0.15) is 0 Å². The molecule has 0 spiro atoms. The Morgan fingerprint density at radius 1 is 1.11 bits per heavy atom. The maximum absolute atomic E-state index is 13.5. The number of carbonyl (C=O) groups excluding carboxylic acids is 3. The van der Waals surface area contributed by atoms with Crippen molar-refractivity contribution in [3.05, 3.63) is 42.0 Å². The molecular formula is C24H32N4O7S. The molecule has 1 N–H and O–H groups in total. The molecule has 0 aliphatic carbocycles. The van der Waals surface area contributed by atoms with Crippen LogP contribution in [0, 0.1) is 5.92 Å². The number of ether oxygens (including phenoxy) is 1. The minimum atomic E-state index is -3.96. The van der Waals surface area contributed by atoms with E-state index in [-0.39, 0.29) is 29.5 Å². The molecule has 1 aliphatic rings. The summed E-state index contributed by atoms with van der Waals surface area (Å²) in [5, 5.41) is 5.11. The highest BCUT2D eigenvalue weighted by molar-refractivity contribution is 7.92. The molecule has 1 aromatic carbocycles. The summed E-state index contributed by atoms with van der Waals surface area (Å²) in [6.45, 7) is 6.38. The van der Waals surface area contributed by atoms with E-state index in [9.17, 15) is 22.8 Å². The van der Waals surface area contributed by atoms with E-state index in [0.29, 0.717) is 38.5 Å². The Kier molecular flexibility index (Phi) is 9.32. The van der Waals surface area contributed by atoms with E-state index < -0.39 is 38.7 Å². The second-order valence-corrected chi connectivity index (χ2v) is 10.9. The number of benzene rings is 1. The van der Waals surface area contributed by atoms with Gasteiger partial charge in [-0.15, -0.1) is 0 Å². The first kappa shape index (κ1) is 27.5. The molecule has 3 rings (SSSR count). The molecule has 3 atom stereocenters. The van der Waals surface area contributed by atoms with Crippen molar-refractivity contribution in [2.24, 2.45) is 5.92 Å². The third kappa shape index (κ3) is 6.35. The van der Waals surface area contributed by atoms with Gasteiger partial charge in [0.2, 0.25) is 17.6 Å². The number of morpholine rings is 1. The van der Waals surface area contributed by atoms with Crippen molar-refractivity contribution in [2.45, 2.75) is 56.2 Å². The molecular weight excluding hydrogens is 488 g/mol. The Labute approximate surface area is 210 Å². The highest BCUT2D eigenvalue weighted by Crippen LogP contribution is 2.25. The quantitative estimate of drug-likeness (QED) is 0.434. The van der Waals surface area contributed by atoms with Crippen molar-refractivity contribution in [3.8, 4) is 0 Å². The van der Waals surface area contributed by atoms with Gasteiger partial charge < -0.3 is 19.5 Å².